The lowest BCUT2D eigenvalue weighted by atomic mass is 10.2. The summed E-state index contributed by atoms with van der Waals surface area (Å²) in [5.74, 6) is 0.921. The number of aromatic nitrogens is 6. The summed E-state index contributed by atoms with van der Waals surface area (Å²) < 4.78 is 6.43. The Hall–Kier alpha value is -3.42. The first-order chi connectivity index (χ1) is 13.1. The summed E-state index contributed by atoms with van der Waals surface area (Å²) in [5, 5.41) is 0. The number of aryl methyl sites for hydroxylation is 3. The van der Waals surface area contributed by atoms with E-state index in [1.807, 2.05) is 41.1 Å². The Morgan fingerprint density at radius 3 is 2.44 bits per heavy atom. The SMILES string of the molecule is Cn1c(=O)c2c(ncn2CCCn2ccnc2-c2ccccc2)n(C)c1=O. The Labute approximate surface area is 155 Å². The molecule has 4 rings (SSSR count). The van der Waals surface area contributed by atoms with Gasteiger partial charge in [0.1, 0.15) is 5.82 Å². The molecule has 8 nitrogen and oxygen atoms in total. The minimum Gasteiger partial charge on any atom is -0.331 e. The van der Waals surface area contributed by atoms with E-state index in [0.717, 1.165) is 28.9 Å². The lowest BCUT2D eigenvalue weighted by molar-refractivity contribution is 0.572. The molecule has 0 aliphatic heterocycles. The van der Waals surface area contributed by atoms with Crippen LogP contribution in [-0.2, 0) is 27.2 Å². The van der Waals surface area contributed by atoms with Crippen molar-refractivity contribution in [2.45, 2.75) is 19.5 Å². The molecule has 0 radical (unpaired) electrons. The lowest BCUT2D eigenvalue weighted by Crippen LogP contribution is -2.37. The van der Waals surface area contributed by atoms with E-state index in [1.165, 1.54) is 11.6 Å². The maximum atomic E-state index is 12.5. The molecule has 3 aromatic heterocycles. The van der Waals surface area contributed by atoms with E-state index < -0.39 is 0 Å². The molecule has 138 valence electrons. The topological polar surface area (TPSA) is 79.6 Å². The molecule has 0 saturated carbocycles. The monoisotopic (exact) mass is 364 g/mol. The molecule has 0 bridgehead atoms. The van der Waals surface area contributed by atoms with Crippen molar-refractivity contribution in [3.05, 3.63) is 69.9 Å². The summed E-state index contributed by atoms with van der Waals surface area (Å²) in [6.45, 7) is 1.38. The van der Waals surface area contributed by atoms with Crippen LogP contribution in [-0.4, -0.2) is 28.2 Å². The highest BCUT2D eigenvalue weighted by molar-refractivity contribution is 5.69. The average Bonchev–Trinajstić information content (AvgIpc) is 3.33. The zero-order valence-corrected chi connectivity index (χ0v) is 15.2. The van der Waals surface area contributed by atoms with Crippen LogP contribution < -0.4 is 11.2 Å². The zero-order chi connectivity index (χ0) is 19.0. The number of fused-ring (bicyclic) bond motifs is 1. The molecule has 0 aliphatic carbocycles. The Balaban J connectivity index is 1.57. The van der Waals surface area contributed by atoms with Gasteiger partial charge in [-0.3, -0.25) is 13.9 Å². The molecule has 0 atom stereocenters. The second kappa shape index (κ2) is 6.71. The van der Waals surface area contributed by atoms with E-state index in [-0.39, 0.29) is 11.2 Å². The van der Waals surface area contributed by atoms with Crippen LogP contribution in [0.4, 0.5) is 0 Å². The minimum absolute atomic E-state index is 0.321. The summed E-state index contributed by atoms with van der Waals surface area (Å²) in [4.78, 5) is 33.2. The lowest BCUT2D eigenvalue weighted by Gasteiger charge is -2.09. The van der Waals surface area contributed by atoms with Crippen molar-refractivity contribution in [1.29, 1.82) is 0 Å². The Morgan fingerprint density at radius 2 is 1.67 bits per heavy atom. The number of hydrogen-bond acceptors (Lipinski definition) is 4. The first kappa shape index (κ1) is 17.0. The molecule has 0 fully saturated rings. The third kappa shape index (κ3) is 2.88. The largest absolute Gasteiger partial charge is 0.332 e. The Morgan fingerprint density at radius 1 is 0.926 bits per heavy atom. The third-order valence-corrected chi connectivity index (χ3v) is 4.76. The highest BCUT2D eigenvalue weighted by Gasteiger charge is 2.14. The molecular weight excluding hydrogens is 344 g/mol. The highest BCUT2D eigenvalue weighted by atomic mass is 16.2. The van der Waals surface area contributed by atoms with Gasteiger partial charge in [0.2, 0.25) is 0 Å². The van der Waals surface area contributed by atoms with Gasteiger partial charge in [0.25, 0.3) is 5.56 Å². The number of imidazole rings is 2. The summed E-state index contributed by atoms with van der Waals surface area (Å²) in [7, 11) is 3.11. The van der Waals surface area contributed by atoms with Crippen LogP contribution in [0.25, 0.3) is 22.6 Å². The number of benzene rings is 1. The summed E-state index contributed by atoms with van der Waals surface area (Å²) >= 11 is 0. The van der Waals surface area contributed by atoms with Gasteiger partial charge >= 0.3 is 5.69 Å². The van der Waals surface area contributed by atoms with Gasteiger partial charge in [-0.25, -0.2) is 14.8 Å². The second-order valence-electron chi connectivity index (χ2n) is 6.48. The summed E-state index contributed by atoms with van der Waals surface area (Å²) in [5.41, 5.74) is 1.24. The third-order valence-electron chi connectivity index (χ3n) is 4.76. The summed E-state index contributed by atoms with van der Waals surface area (Å²) in [6.07, 6.45) is 6.17. The van der Waals surface area contributed by atoms with Gasteiger partial charge in [-0.2, -0.15) is 0 Å². The van der Waals surface area contributed by atoms with Gasteiger partial charge in [0.15, 0.2) is 11.2 Å². The first-order valence-electron chi connectivity index (χ1n) is 8.75. The van der Waals surface area contributed by atoms with Crippen molar-refractivity contribution >= 4 is 11.2 Å². The van der Waals surface area contributed by atoms with Crippen molar-refractivity contribution in [1.82, 2.24) is 28.2 Å². The Kier molecular flexibility index (Phi) is 4.23. The fourth-order valence-electron chi connectivity index (χ4n) is 3.32. The van der Waals surface area contributed by atoms with Crippen LogP contribution >= 0.6 is 0 Å². The van der Waals surface area contributed by atoms with E-state index in [4.69, 9.17) is 0 Å². The van der Waals surface area contributed by atoms with Crippen LogP contribution in [0, 0.1) is 0 Å². The molecule has 0 aliphatic rings. The fraction of sp³-hybridized carbons (Fsp3) is 0.263. The maximum absolute atomic E-state index is 12.5. The smallest absolute Gasteiger partial charge is 0.331 e. The van der Waals surface area contributed by atoms with E-state index in [2.05, 4.69) is 14.5 Å². The molecule has 3 heterocycles. The predicted molar refractivity (Wildman–Crippen MR) is 102 cm³/mol. The molecular formula is C19H20N6O2. The molecule has 27 heavy (non-hydrogen) atoms. The van der Waals surface area contributed by atoms with Gasteiger partial charge in [0, 0.05) is 45.1 Å². The second-order valence-corrected chi connectivity index (χ2v) is 6.48. The van der Waals surface area contributed by atoms with Gasteiger partial charge in [-0.1, -0.05) is 30.3 Å². The van der Waals surface area contributed by atoms with Crippen LogP contribution in [0.1, 0.15) is 6.42 Å². The molecule has 0 amide bonds. The molecule has 1 aromatic carbocycles. The van der Waals surface area contributed by atoms with Gasteiger partial charge < -0.3 is 9.13 Å². The van der Waals surface area contributed by atoms with Gasteiger partial charge in [-0.15, -0.1) is 0 Å². The standard InChI is InChI=1S/C19H20N6O2/c1-22-17-15(18(26)23(2)19(22)27)25(13-21-17)11-6-10-24-12-9-20-16(24)14-7-4-3-5-8-14/h3-5,7-9,12-13H,6,10-11H2,1-2H3. The molecule has 4 aromatic rings. The zero-order valence-electron chi connectivity index (χ0n) is 15.2. The Bertz CT molecular complexity index is 1210. The van der Waals surface area contributed by atoms with E-state index in [0.29, 0.717) is 17.7 Å². The maximum Gasteiger partial charge on any atom is 0.332 e. The molecule has 0 N–H and O–H groups in total. The van der Waals surface area contributed by atoms with Gasteiger partial charge in [0.05, 0.1) is 6.33 Å². The normalized spacial score (nSPS) is 11.3. The quantitative estimate of drug-likeness (QED) is 0.536. The first-order valence-corrected chi connectivity index (χ1v) is 8.75. The van der Waals surface area contributed by atoms with Crippen molar-refractivity contribution in [3.63, 3.8) is 0 Å². The van der Waals surface area contributed by atoms with E-state index in [1.54, 1.807) is 19.6 Å². The number of rotatable bonds is 5. The highest BCUT2D eigenvalue weighted by Crippen LogP contribution is 2.17. The van der Waals surface area contributed by atoms with Crippen LogP contribution in [0.3, 0.4) is 0 Å². The average molecular weight is 364 g/mol. The number of hydrogen-bond donors (Lipinski definition) is 0. The molecule has 0 unspecified atom stereocenters. The van der Waals surface area contributed by atoms with Crippen LogP contribution in [0.15, 0.2) is 58.6 Å². The summed E-state index contributed by atoms with van der Waals surface area (Å²) in [6, 6.07) is 10.0. The molecule has 0 saturated heterocycles. The van der Waals surface area contributed by atoms with E-state index >= 15 is 0 Å². The van der Waals surface area contributed by atoms with Crippen molar-refractivity contribution in [3.8, 4) is 11.4 Å². The van der Waals surface area contributed by atoms with E-state index in [9.17, 15) is 9.59 Å². The predicted octanol–water partition coefficient (Wildman–Crippen LogP) is 1.39. The van der Waals surface area contributed by atoms with Crippen LogP contribution in [0.2, 0.25) is 0 Å². The van der Waals surface area contributed by atoms with Crippen molar-refractivity contribution < 1.29 is 0 Å². The van der Waals surface area contributed by atoms with Crippen molar-refractivity contribution in [2.24, 2.45) is 14.1 Å². The molecule has 0 spiro atoms. The van der Waals surface area contributed by atoms with Gasteiger partial charge in [-0.05, 0) is 6.42 Å². The van der Waals surface area contributed by atoms with Crippen LogP contribution in [0.5, 0.6) is 0 Å². The molecule has 8 heteroatoms. The fourth-order valence-corrected chi connectivity index (χ4v) is 3.32. The minimum atomic E-state index is -0.372. The number of nitrogens with zero attached hydrogens (tertiary/aromatic N) is 6. The van der Waals surface area contributed by atoms with Crippen molar-refractivity contribution in [2.75, 3.05) is 0 Å².